The number of rotatable bonds is 0. The largest absolute Gasteiger partial charge is 0 e. The molecule has 0 spiro atoms. The minimum atomic E-state index is -3.65. The molecule has 2 unspecified atom stereocenters. The molecule has 1 aliphatic heterocycles. The smallest absolute Gasteiger partial charge is 0 e. The van der Waals surface area contributed by atoms with Crippen LogP contribution in [0.4, 0.5) is 5.73 Å². The van der Waals surface area contributed by atoms with Gasteiger partial charge in [0, 0.05) is 59.1 Å². The van der Waals surface area contributed by atoms with Gasteiger partial charge >= 0.3 is 78.9 Å². The Balaban J connectivity index is -0.0000000761. The maximum atomic E-state index is 11.9. The third-order valence-electron chi connectivity index (χ3n) is 0.671. The summed E-state index contributed by atoms with van der Waals surface area (Å²) in [6.07, 6.45) is -2.93. The van der Waals surface area contributed by atoms with Crippen LogP contribution in [0, 0.1) is 0 Å². The van der Waals surface area contributed by atoms with Crippen LogP contribution in [0.1, 0.15) is 0 Å². The third-order valence-corrected chi connectivity index (χ3v) is 3.11. The molecule has 5 nitrogen and oxygen atoms in total. The van der Waals surface area contributed by atoms with Gasteiger partial charge in [0.1, 0.15) is 0 Å². The number of hydrogen-bond acceptors (Lipinski definition) is 4. The van der Waals surface area contributed by atoms with Crippen molar-refractivity contribution in [2.45, 2.75) is 12.6 Å². The maximum absolute atomic E-state index is 11.9. The monoisotopic (exact) mass is 434 g/mol. The van der Waals surface area contributed by atoms with Crippen LogP contribution in [0.3, 0.4) is 0 Å². The summed E-state index contributed by atoms with van der Waals surface area (Å²) in [5.41, 5.74) is 0. The quantitative estimate of drug-likeness (QED) is 0.402. The van der Waals surface area contributed by atoms with Gasteiger partial charge in [-0.05, 0) is 0 Å². The van der Waals surface area contributed by atoms with E-state index in [1.807, 2.05) is 0 Å². The molecule has 0 bridgehead atoms. The van der Waals surface area contributed by atoms with E-state index in [1.54, 1.807) is 0 Å². The van der Waals surface area contributed by atoms with Gasteiger partial charge in [-0.15, -0.1) is 0 Å². The van der Waals surface area contributed by atoms with Crippen LogP contribution in [-0.4, -0.2) is 132 Å². The van der Waals surface area contributed by atoms with E-state index in [0.717, 1.165) is 0 Å². The van der Waals surface area contributed by atoms with Gasteiger partial charge in [0.05, 0.1) is 0 Å². The Morgan fingerprint density at radius 1 is 1.08 bits per heavy atom. The van der Waals surface area contributed by atoms with Crippen LogP contribution in [0.5, 0.6) is 0 Å². The van der Waals surface area contributed by atoms with Crippen molar-refractivity contribution in [2.75, 3.05) is 0 Å². The van der Waals surface area contributed by atoms with Gasteiger partial charge in [0.15, 0.2) is 0 Å². The second-order valence-electron chi connectivity index (χ2n) is 1.25. The average Bonchev–Trinajstić information content (AvgIpc) is 2.16. The number of aliphatic hydroxyl groups excluding tert-OH is 2. The zero-order chi connectivity index (χ0) is 8.15. The minimum absolute atomic E-state index is 0. The van der Waals surface area contributed by atoms with E-state index in [2.05, 4.69) is 6.15 Å². The fraction of sp³-hybridized carbons (Fsp3) is 1.00. The molecule has 2 atom stereocenters. The van der Waals surface area contributed by atoms with Gasteiger partial charge in [0.25, 0.3) is 0 Å². The molecule has 6 radical (unpaired) electrons. The summed E-state index contributed by atoms with van der Waals surface area (Å²) in [4.78, 5) is 0. The number of hydrogen-bond donors (Lipinski definition) is 2. The first-order valence-corrected chi connectivity index (χ1v) is 6.60. The van der Waals surface area contributed by atoms with Crippen molar-refractivity contribution in [1.29, 1.82) is 0 Å². The van der Waals surface area contributed by atoms with E-state index in [0.29, 0.717) is 0 Å². The third kappa shape index (κ3) is 11.5. The Morgan fingerprint density at radius 2 is 1.31 bits per heavy atom. The van der Waals surface area contributed by atoms with E-state index in [1.165, 1.54) is 0 Å². The molecule has 1 aliphatic rings. The molecule has 0 aromatic rings. The Kier molecular flexibility index (Phi) is 29.6. The van der Waals surface area contributed by atoms with Gasteiger partial charge < -0.3 is 5.48 Å². The normalized spacial score (nSPS) is 25.6. The van der Waals surface area contributed by atoms with Crippen molar-refractivity contribution in [3.63, 3.8) is 0 Å². The number of aliphatic hydroxyl groups is 2. The first kappa shape index (κ1) is 25.2. The second kappa shape index (κ2) is 15.3. The van der Waals surface area contributed by atoms with Crippen molar-refractivity contribution in [3.8, 4) is 0 Å². The van der Waals surface area contributed by atoms with Crippen molar-refractivity contribution in [3.05, 3.63) is 0 Å². The Morgan fingerprint density at radius 3 is 1.38 bits per heavy atom. The van der Waals surface area contributed by atoms with Gasteiger partial charge in [-0.3, -0.25) is 0 Å². The summed E-state index contributed by atoms with van der Waals surface area (Å²) in [6, 6.07) is 0. The van der Waals surface area contributed by atoms with Crippen molar-refractivity contribution in [1.82, 2.24) is 0 Å². The number of halogens is 2. The summed E-state index contributed by atoms with van der Waals surface area (Å²) >= 11 is -3.60. The second-order valence-corrected chi connectivity index (χ2v) is 3.96. The molecule has 4 N–H and O–H groups in total. The van der Waals surface area contributed by atoms with Gasteiger partial charge in [-0.1, -0.05) is 0 Å². The van der Waals surface area contributed by atoms with E-state index >= 15 is 0 Å². The minimum Gasteiger partial charge on any atom is 0 e. The van der Waals surface area contributed by atoms with E-state index in [-0.39, 0.29) is 87.7 Å². The van der Waals surface area contributed by atoms with Gasteiger partial charge in [0.2, 0.25) is 0 Å². The van der Waals surface area contributed by atoms with E-state index in [9.17, 15) is 5.73 Å². The molecule has 0 aliphatic carbocycles. The standard InChI is InChI=1S/C2H4O4.2FH.2Na.H2O.2Sn/c3-1(4)2(5)6;;;;;;;/h1-3,5H;2*1H;;;1H2;;/q-2;;;;;;+1;+3/p-2. The average molecular weight is 431 g/mol. The Labute approximate surface area is 141 Å². The van der Waals surface area contributed by atoms with Crippen LogP contribution in [-0.2, 0) is 6.15 Å². The molecule has 0 saturated carbocycles. The fourth-order valence-corrected chi connectivity index (χ4v) is 2.24. The SMILES string of the molecule is O.OC1[O][Sn]([F])[O]C1O.[F][Sn].[Na].[Na]. The fourth-order valence-electron chi connectivity index (χ4n) is 0.334. The molecule has 68 valence electrons. The molecule has 0 aromatic heterocycles. The summed E-state index contributed by atoms with van der Waals surface area (Å²) in [6.45, 7) is 0. The Hall–Kier alpha value is 3.26. The van der Waals surface area contributed by atoms with E-state index in [4.69, 9.17) is 10.2 Å². The molecule has 1 fully saturated rings. The molecule has 1 heterocycles. The molecule has 0 amide bonds. The molecule has 11 heteroatoms. The summed E-state index contributed by atoms with van der Waals surface area (Å²) in [7, 11) is 0. The zero-order valence-electron chi connectivity index (χ0n) is 7.12. The van der Waals surface area contributed by atoms with Gasteiger partial charge in [-0.25, -0.2) is 0 Å². The molecule has 0 aromatic carbocycles. The van der Waals surface area contributed by atoms with Crippen molar-refractivity contribution in [2.24, 2.45) is 0 Å². The van der Waals surface area contributed by atoms with Crippen LogP contribution >= 0.6 is 0 Å². The predicted molar refractivity (Wildman–Crippen MR) is 43.0 cm³/mol. The van der Waals surface area contributed by atoms with Crippen LogP contribution in [0.25, 0.3) is 0 Å². The van der Waals surface area contributed by atoms with Crippen LogP contribution in [0.15, 0.2) is 0 Å². The molecular formula is C2H6F2Na2O5Sn2. The van der Waals surface area contributed by atoms with Crippen molar-refractivity contribution >= 4 is 103 Å². The molecule has 1 saturated heterocycles. The molecule has 13 heavy (non-hydrogen) atoms. The summed E-state index contributed by atoms with van der Waals surface area (Å²) in [5.74, 6) is 0. The summed E-state index contributed by atoms with van der Waals surface area (Å²) in [5, 5.41) is 16.8. The van der Waals surface area contributed by atoms with Crippen molar-refractivity contribution < 1.29 is 27.6 Å². The maximum Gasteiger partial charge on any atom is 0 e. The van der Waals surface area contributed by atoms with Crippen LogP contribution in [0.2, 0.25) is 0 Å². The first-order chi connectivity index (χ1) is 4.70. The zero-order valence-corrected chi connectivity index (χ0v) is 16.8. The first-order valence-electron chi connectivity index (χ1n) is 2.11. The molecule has 1 rings (SSSR count). The summed E-state index contributed by atoms with van der Waals surface area (Å²) < 4.78 is 29.6. The predicted octanol–water partition coefficient (Wildman–Crippen LogP) is -2.92. The van der Waals surface area contributed by atoms with E-state index < -0.39 is 33.7 Å². The Bertz CT molecular complexity index is 94.6. The molecular weight excluding hydrogens is 425 g/mol. The topological polar surface area (TPSA) is 90.4 Å². The van der Waals surface area contributed by atoms with Crippen LogP contribution < -0.4 is 0 Å². The van der Waals surface area contributed by atoms with Gasteiger partial charge in [-0.2, -0.15) is 0 Å².